The van der Waals surface area contributed by atoms with Crippen molar-refractivity contribution in [2.75, 3.05) is 12.9 Å². The average Bonchev–Trinajstić information content (AvgIpc) is 2.87. The number of imidazole rings is 1. The molecule has 19 heavy (non-hydrogen) atoms. The van der Waals surface area contributed by atoms with Gasteiger partial charge in [0.15, 0.2) is 5.16 Å². The zero-order chi connectivity index (χ0) is 13.8. The van der Waals surface area contributed by atoms with E-state index in [1.165, 1.54) is 30.0 Å². The Kier molecular flexibility index (Phi) is 4.27. The highest BCUT2D eigenvalue weighted by Gasteiger charge is 2.09. The second-order valence-electron chi connectivity index (χ2n) is 4.21. The highest BCUT2D eigenvalue weighted by atomic mass is 32.2. The fraction of sp³-hybridized carbons (Fsp3) is 0.286. The summed E-state index contributed by atoms with van der Waals surface area (Å²) in [5.74, 6) is 0.0119. The molecule has 0 N–H and O–H groups in total. The minimum absolute atomic E-state index is 0.250. The fourth-order valence-corrected chi connectivity index (χ4v) is 2.46. The number of aryl methyl sites for hydroxylation is 2. The molecule has 5 heteroatoms. The third-order valence-corrected chi connectivity index (χ3v) is 3.86. The number of benzene rings is 1. The van der Waals surface area contributed by atoms with E-state index in [0.29, 0.717) is 0 Å². The van der Waals surface area contributed by atoms with Crippen LogP contribution in [0.5, 0.6) is 0 Å². The lowest BCUT2D eigenvalue weighted by Gasteiger charge is -2.09. The first-order chi connectivity index (χ1) is 9.11. The van der Waals surface area contributed by atoms with Gasteiger partial charge in [-0.3, -0.25) is 9.36 Å². The molecule has 0 aliphatic heterocycles. The van der Waals surface area contributed by atoms with Gasteiger partial charge in [-0.2, -0.15) is 0 Å². The van der Waals surface area contributed by atoms with E-state index < -0.39 is 0 Å². The highest BCUT2D eigenvalue weighted by Crippen LogP contribution is 2.22. The Morgan fingerprint density at radius 2 is 2.16 bits per heavy atom. The van der Waals surface area contributed by atoms with Gasteiger partial charge in [-0.1, -0.05) is 17.8 Å². The lowest BCUT2D eigenvalue weighted by Crippen LogP contribution is -2.05. The first-order valence-corrected chi connectivity index (χ1v) is 6.91. The van der Waals surface area contributed by atoms with Crippen molar-refractivity contribution in [3.63, 3.8) is 0 Å². The Morgan fingerprint density at radius 3 is 2.84 bits per heavy atom. The summed E-state index contributed by atoms with van der Waals surface area (Å²) in [4.78, 5) is 15.4. The van der Waals surface area contributed by atoms with E-state index in [1.807, 2.05) is 16.8 Å². The van der Waals surface area contributed by atoms with Crippen molar-refractivity contribution in [2.24, 2.45) is 0 Å². The van der Waals surface area contributed by atoms with E-state index in [4.69, 9.17) is 0 Å². The highest BCUT2D eigenvalue weighted by molar-refractivity contribution is 7.99. The van der Waals surface area contributed by atoms with Crippen LogP contribution in [0.1, 0.15) is 11.1 Å². The lowest BCUT2D eigenvalue weighted by atomic mass is 10.1. The van der Waals surface area contributed by atoms with E-state index in [2.05, 4.69) is 35.7 Å². The van der Waals surface area contributed by atoms with E-state index in [9.17, 15) is 4.79 Å². The van der Waals surface area contributed by atoms with Gasteiger partial charge < -0.3 is 4.74 Å². The topological polar surface area (TPSA) is 44.1 Å². The van der Waals surface area contributed by atoms with Crippen LogP contribution in [0.25, 0.3) is 5.69 Å². The molecule has 1 aromatic heterocycles. The van der Waals surface area contributed by atoms with Crippen LogP contribution in [0.4, 0.5) is 0 Å². The number of carbonyl (C=O) groups is 1. The van der Waals surface area contributed by atoms with Gasteiger partial charge in [-0.25, -0.2) is 4.98 Å². The van der Waals surface area contributed by atoms with Crippen molar-refractivity contribution >= 4 is 17.7 Å². The lowest BCUT2D eigenvalue weighted by molar-refractivity contribution is -0.137. The summed E-state index contributed by atoms with van der Waals surface area (Å²) in [5.41, 5.74) is 3.54. The number of carbonyl (C=O) groups excluding carboxylic acids is 1. The van der Waals surface area contributed by atoms with Crippen molar-refractivity contribution in [1.82, 2.24) is 9.55 Å². The molecule has 2 rings (SSSR count). The molecule has 0 unspecified atom stereocenters. The number of hydrogen-bond acceptors (Lipinski definition) is 4. The van der Waals surface area contributed by atoms with Crippen LogP contribution in [0.2, 0.25) is 0 Å². The number of ether oxygens (including phenoxy) is 1. The predicted molar refractivity (Wildman–Crippen MR) is 75.8 cm³/mol. The van der Waals surface area contributed by atoms with Crippen molar-refractivity contribution in [3.8, 4) is 5.69 Å². The normalized spacial score (nSPS) is 10.5. The van der Waals surface area contributed by atoms with Gasteiger partial charge in [0, 0.05) is 18.1 Å². The van der Waals surface area contributed by atoms with E-state index in [1.54, 1.807) is 6.20 Å². The van der Waals surface area contributed by atoms with Crippen LogP contribution < -0.4 is 0 Å². The van der Waals surface area contributed by atoms with Crippen LogP contribution in [0, 0.1) is 13.8 Å². The predicted octanol–water partition coefficient (Wildman–Crippen LogP) is 2.75. The summed E-state index contributed by atoms with van der Waals surface area (Å²) in [6.07, 6.45) is 3.62. The van der Waals surface area contributed by atoms with Gasteiger partial charge in [0.05, 0.1) is 12.9 Å². The molecule has 0 spiro atoms. The SMILES string of the molecule is COC(=O)CSc1nccn1-c1ccc(C)c(C)c1. The number of methoxy groups -OCH3 is 1. The summed E-state index contributed by atoms with van der Waals surface area (Å²) >= 11 is 1.37. The number of nitrogens with zero attached hydrogens (tertiary/aromatic N) is 2. The van der Waals surface area contributed by atoms with Crippen molar-refractivity contribution in [2.45, 2.75) is 19.0 Å². The van der Waals surface area contributed by atoms with Gasteiger partial charge >= 0.3 is 5.97 Å². The number of aromatic nitrogens is 2. The molecule has 0 fully saturated rings. The molecule has 0 radical (unpaired) electrons. The molecule has 0 saturated carbocycles. The quantitative estimate of drug-likeness (QED) is 0.636. The first kappa shape index (κ1) is 13.7. The zero-order valence-electron chi connectivity index (χ0n) is 11.2. The molecule has 2 aromatic rings. The average molecular weight is 276 g/mol. The molecule has 0 bridgehead atoms. The molecule has 100 valence electrons. The van der Waals surface area contributed by atoms with E-state index >= 15 is 0 Å². The number of hydrogen-bond donors (Lipinski definition) is 0. The first-order valence-electron chi connectivity index (χ1n) is 5.92. The van der Waals surface area contributed by atoms with Crippen molar-refractivity contribution in [3.05, 3.63) is 41.7 Å². The molecule has 0 aliphatic rings. The maximum absolute atomic E-state index is 11.2. The Labute approximate surface area is 116 Å². The van der Waals surface area contributed by atoms with Crippen LogP contribution in [0.15, 0.2) is 35.7 Å². The van der Waals surface area contributed by atoms with Gasteiger partial charge in [-0.05, 0) is 37.1 Å². The van der Waals surface area contributed by atoms with Crippen LogP contribution in [-0.2, 0) is 9.53 Å². The molecule has 1 aromatic carbocycles. The molecule has 0 saturated heterocycles. The Balaban J connectivity index is 2.23. The largest absolute Gasteiger partial charge is 0.468 e. The molecule has 0 aliphatic carbocycles. The zero-order valence-corrected chi connectivity index (χ0v) is 12.0. The van der Waals surface area contributed by atoms with E-state index in [0.717, 1.165) is 10.8 Å². The maximum atomic E-state index is 11.2. The Bertz CT molecular complexity index is 593. The standard InChI is InChI=1S/C14H16N2O2S/c1-10-4-5-12(8-11(10)2)16-7-6-15-14(16)19-9-13(17)18-3/h4-8H,9H2,1-3H3. The third kappa shape index (κ3) is 3.17. The van der Waals surface area contributed by atoms with Crippen molar-refractivity contribution < 1.29 is 9.53 Å². The molecule has 0 amide bonds. The summed E-state index contributed by atoms with van der Waals surface area (Å²) in [7, 11) is 1.39. The number of thioether (sulfide) groups is 1. The van der Waals surface area contributed by atoms with Gasteiger partial charge in [0.2, 0.25) is 0 Å². The fourth-order valence-electron chi connectivity index (χ4n) is 1.65. The third-order valence-electron chi connectivity index (χ3n) is 2.92. The van der Waals surface area contributed by atoms with Crippen LogP contribution in [-0.4, -0.2) is 28.4 Å². The van der Waals surface area contributed by atoms with E-state index in [-0.39, 0.29) is 11.7 Å². The molecule has 4 nitrogen and oxygen atoms in total. The molecular formula is C14H16N2O2S. The minimum atomic E-state index is -0.250. The smallest absolute Gasteiger partial charge is 0.316 e. The maximum Gasteiger partial charge on any atom is 0.316 e. The number of esters is 1. The number of rotatable bonds is 4. The van der Waals surface area contributed by atoms with Crippen LogP contribution >= 0.6 is 11.8 Å². The minimum Gasteiger partial charge on any atom is -0.468 e. The molecule has 1 heterocycles. The van der Waals surface area contributed by atoms with Crippen LogP contribution in [0.3, 0.4) is 0 Å². The summed E-state index contributed by atoms with van der Waals surface area (Å²) in [5, 5.41) is 0.786. The second kappa shape index (κ2) is 5.93. The van der Waals surface area contributed by atoms with Gasteiger partial charge in [0.25, 0.3) is 0 Å². The molecular weight excluding hydrogens is 260 g/mol. The second-order valence-corrected chi connectivity index (χ2v) is 5.16. The summed E-state index contributed by atoms with van der Waals surface area (Å²) in [6, 6.07) is 6.24. The van der Waals surface area contributed by atoms with Crippen molar-refractivity contribution in [1.29, 1.82) is 0 Å². The monoisotopic (exact) mass is 276 g/mol. The Morgan fingerprint density at radius 1 is 1.37 bits per heavy atom. The summed E-state index contributed by atoms with van der Waals surface area (Å²) in [6.45, 7) is 4.16. The Hall–Kier alpha value is -1.75. The van der Waals surface area contributed by atoms with Gasteiger partial charge in [-0.15, -0.1) is 0 Å². The van der Waals surface area contributed by atoms with Gasteiger partial charge in [0.1, 0.15) is 0 Å². The molecule has 0 atom stereocenters. The summed E-state index contributed by atoms with van der Waals surface area (Å²) < 4.78 is 6.60.